The van der Waals surface area contributed by atoms with E-state index in [1.54, 1.807) is 52.3 Å². The minimum absolute atomic E-state index is 0.0491. The van der Waals surface area contributed by atoms with Crippen molar-refractivity contribution < 1.29 is 46.6 Å². The first-order chi connectivity index (χ1) is 24.9. The number of allylic oxidation sites excluding steroid dienone is 1. The molecule has 4 amide bonds. The van der Waals surface area contributed by atoms with E-state index in [0.717, 1.165) is 5.39 Å². The zero-order valence-electron chi connectivity index (χ0n) is 30.6. The van der Waals surface area contributed by atoms with Crippen LogP contribution in [0.15, 0.2) is 55.3 Å². The second-order valence-corrected chi connectivity index (χ2v) is 16.8. The Labute approximate surface area is 308 Å². The van der Waals surface area contributed by atoms with E-state index in [1.807, 2.05) is 6.07 Å². The van der Waals surface area contributed by atoms with E-state index in [9.17, 15) is 32.4 Å². The first-order valence-corrected chi connectivity index (χ1v) is 19.0. The first kappa shape index (κ1) is 39.2. The summed E-state index contributed by atoms with van der Waals surface area (Å²) in [5.41, 5.74) is -2.23. The van der Waals surface area contributed by atoms with E-state index in [0.29, 0.717) is 24.0 Å². The Hall–Kier alpha value is -4.99. The van der Waals surface area contributed by atoms with E-state index in [1.165, 1.54) is 17.9 Å². The van der Waals surface area contributed by atoms with Gasteiger partial charge in [-0.25, -0.2) is 18.2 Å². The van der Waals surface area contributed by atoms with Crippen molar-refractivity contribution in [2.24, 2.45) is 5.92 Å². The quantitative estimate of drug-likeness (QED) is 0.178. The number of Topliss-reactive ketones (excluding diaryl/α,β-unsaturated/α-hetero) is 1. The van der Waals surface area contributed by atoms with E-state index in [-0.39, 0.29) is 49.5 Å². The highest BCUT2D eigenvalue weighted by Crippen LogP contribution is 2.45. The molecule has 1 aromatic heterocycles. The maximum absolute atomic E-state index is 14.4. The molecule has 5 rings (SSSR count). The Balaban J connectivity index is 1.45. The van der Waals surface area contributed by atoms with E-state index < -0.39 is 74.3 Å². The maximum Gasteiger partial charge on any atom is 0.408 e. The molecule has 3 aliphatic rings. The summed E-state index contributed by atoms with van der Waals surface area (Å²) in [6.07, 6.45) is 1.99. The number of pyridine rings is 1. The summed E-state index contributed by atoms with van der Waals surface area (Å²) in [4.78, 5) is 73.2. The monoisotopic (exact) mass is 753 g/mol. The summed E-state index contributed by atoms with van der Waals surface area (Å²) in [7, 11) is -2.38. The molecule has 1 aromatic carbocycles. The highest BCUT2D eigenvalue weighted by molar-refractivity contribution is 7.91. The number of hydrogen-bond donors (Lipinski definition) is 3. The van der Waals surface area contributed by atoms with Gasteiger partial charge in [-0.15, -0.1) is 6.58 Å². The molecule has 0 radical (unpaired) electrons. The molecule has 0 spiro atoms. The lowest BCUT2D eigenvalue weighted by molar-refractivity contribution is -0.141. The molecule has 0 unspecified atom stereocenters. The number of likely N-dealkylation sites (tertiary alicyclic amines) is 1. The van der Waals surface area contributed by atoms with Gasteiger partial charge in [0.25, 0.3) is 5.91 Å². The van der Waals surface area contributed by atoms with Crippen LogP contribution in [0.2, 0.25) is 0 Å². The number of benzene rings is 1. The zero-order chi connectivity index (χ0) is 38.9. The van der Waals surface area contributed by atoms with Crippen LogP contribution in [0.1, 0.15) is 66.2 Å². The van der Waals surface area contributed by atoms with Gasteiger partial charge in [-0.1, -0.05) is 12.7 Å². The summed E-state index contributed by atoms with van der Waals surface area (Å²) < 4.78 is 44.6. The molecular weight excluding hydrogens is 706 g/mol. The Bertz CT molecular complexity index is 1940. The topological polar surface area (TPSA) is 199 Å². The molecule has 286 valence electrons. The van der Waals surface area contributed by atoms with Gasteiger partial charge >= 0.3 is 6.09 Å². The lowest BCUT2D eigenvalue weighted by Crippen LogP contribution is -2.58. The number of alkyl carbamates (subject to hydrolysis) is 1. The number of carbonyl (C=O) groups is 5. The molecule has 3 N–H and O–H groups in total. The van der Waals surface area contributed by atoms with Crippen molar-refractivity contribution in [3.05, 3.63) is 55.3 Å². The average molecular weight is 754 g/mol. The van der Waals surface area contributed by atoms with Gasteiger partial charge in [0.1, 0.15) is 35.1 Å². The van der Waals surface area contributed by atoms with Crippen LogP contribution in [0, 0.1) is 5.92 Å². The Morgan fingerprint density at radius 3 is 2.47 bits per heavy atom. The molecular formula is C37H47N5O10S. The lowest BCUT2D eigenvalue weighted by Gasteiger charge is -2.30. The predicted octanol–water partition coefficient (Wildman–Crippen LogP) is 3.08. The second-order valence-electron chi connectivity index (χ2n) is 14.8. The third kappa shape index (κ3) is 9.15. The Morgan fingerprint density at radius 2 is 1.87 bits per heavy atom. The van der Waals surface area contributed by atoms with Crippen LogP contribution in [-0.4, -0.2) is 96.1 Å². The number of fused-ring (bicyclic) bond motifs is 1. The largest absolute Gasteiger partial charge is 0.497 e. The highest BCUT2D eigenvalue weighted by Gasteiger charge is 2.62. The van der Waals surface area contributed by atoms with Crippen molar-refractivity contribution in [3.8, 4) is 11.6 Å². The van der Waals surface area contributed by atoms with Crippen LogP contribution < -0.4 is 24.8 Å². The van der Waals surface area contributed by atoms with E-state index in [2.05, 4.69) is 33.5 Å². The molecule has 5 atom stereocenters. The molecule has 2 heterocycles. The van der Waals surface area contributed by atoms with E-state index >= 15 is 0 Å². The van der Waals surface area contributed by atoms with Crippen molar-refractivity contribution in [1.29, 1.82) is 0 Å². The summed E-state index contributed by atoms with van der Waals surface area (Å²) in [6, 6.07) is 4.58. The van der Waals surface area contributed by atoms with Gasteiger partial charge in [0.2, 0.25) is 27.7 Å². The van der Waals surface area contributed by atoms with Crippen LogP contribution in [-0.2, 0) is 33.9 Å². The standard InChI is InChI=1S/C37H47N5O10S/c1-8-23-19-37(23,34(46)41-53(48,49)26-10-11-26)40-31(44)29-18-25(51-32-27-12-9-24(50-7)17-22(27)15-16-38-32)20-42(29)33(45)28(13-14-30(43)21(2)3)39-35(47)52-36(4,5)6/h8-9,12,15-17,23,25-26,28-29H,1-2,10-11,13-14,18-20H2,3-7H3,(H,39,47)(H,40,44)(H,41,46)/t23-,25-,28+,29+,37-/m1/s1. The number of hydrogen-bond acceptors (Lipinski definition) is 11. The number of carbonyl (C=O) groups excluding carboxylic acids is 5. The SMILES string of the molecule is C=C[C@@H]1C[C@]1(NC(=O)[C@@H]1C[C@@H](Oc2nccc3cc(OC)ccc23)CN1C(=O)[C@H](CCC(=O)C(=C)C)NC(=O)OC(C)(C)C)C(=O)NS(=O)(=O)C1CC1. The molecule has 15 nitrogen and oxygen atoms in total. The van der Waals surface area contributed by atoms with Gasteiger partial charge in [0.05, 0.1) is 18.9 Å². The fourth-order valence-electron chi connectivity index (χ4n) is 6.30. The third-order valence-corrected chi connectivity index (χ3v) is 11.3. The predicted molar refractivity (Wildman–Crippen MR) is 194 cm³/mol. The van der Waals surface area contributed by atoms with Crippen LogP contribution in [0.3, 0.4) is 0 Å². The van der Waals surface area contributed by atoms with Crippen molar-refractivity contribution >= 4 is 50.4 Å². The summed E-state index contributed by atoms with van der Waals surface area (Å²) >= 11 is 0. The van der Waals surface area contributed by atoms with Gasteiger partial charge in [0.15, 0.2) is 5.78 Å². The number of ketones is 1. The number of amides is 4. The average Bonchev–Trinajstić information content (AvgIpc) is 4.02. The maximum atomic E-state index is 14.4. The summed E-state index contributed by atoms with van der Waals surface area (Å²) in [5, 5.41) is 6.06. The fraction of sp³-hybridized carbons (Fsp3) is 0.514. The van der Waals surface area contributed by atoms with Gasteiger partial charge in [-0.2, -0.15) is 0 Å². The minimum Gasteiger partial charge on any atom is -0.497 e. The van der Waals surface area contributed by atoms with Crippen LogP contribution in [0.25, 0.3) is 10.8 Å². The summed E-state index contributed by atoms with van der Waals surface area (Å²) in [5.74, 6) is -2.33. The fourth-order valence-corrected chi connectivity index (χ4v) is 7.66. The van der Waals surface area contributed by atoms with Gasteiger partial charge < -0.3 is 29.7 Å². The Morgan fingerprint density at radius 1 is 1.15 bits per heavy atom. The number of ether oxygens (including phenoxy) is 3. The minimum atomic E-state index is -3.93. The van der Waals surface area contributed by atoms with Gasteiger partial charge in [-0.3, -0.25) is 23.9 Å². The van der Waals surface area contributed by atoms with Crippen LogP contribution >= 0.6 is 0 Å². The molecule has 53 heavy (non-hydrogen) atoms. The molecule has 2 aliphatic carbocycles. The highest BCUT2D eigenvalue weighted by atomic mass is 32.2. The number of nitrogens with one attached hydrogen (secondary N) is 3. The van der Waals surface area contributed by atoms with Crippen LogP contribution in [0.4, 0.5) is 4.79 Å². The number of nitrogens with zero attached hydrogens (tertiary/aromatic N) is 2. The molecule has 2 aromatic rings. The van der Waals surface area contributed by atoms with Crippen molar-refractivity contribution in [2.75, 3.05) is 13.7 Å². The molecule has 16 heteroatoms. The summed E-state index contributed by atoms with van der Waals surface area (Å²) in [6.45, 7) is 13.8. The molecule has 2 saturated carbocycles. The van der Waals surface area contributed by atoms with Crippen molar-refractivity contribution in [1.82, 2.24) is 25.2 Å². The number of aromatic nitrogens is 1. The smallest absolute Gasteiger partial charge is 0.408 e. The first-order valence-electron chi connectivity index (χ1n) is 17.5. The van der Waals surface area contributed by atoms with Crippen molar-refractivity contribution in [3.63, 3.8) is 0 Å². The molecule has 1 saturated heterocycles. The van der Waals surface area contributed by atoms with Crippen LogP contribution in [0.5, 0.6) is 11.6 Å². The van der Waals surface area contributed by atoms with Gasteiger partial charge in [0, 0.05) is 30.3 Å². The lowest BCUT2D eigenvalue weighted by atomic mass is 10.0. The molecule has 1 aliphatic heterocycles. The number of rotatable bonds is 15. The normalized spacial score (nSPS) is 23.0. The molecule has 0 bridgehead atoms. The zero-order valence-corrected chi connectivity index (χ0v) is 31.4. The van der Waals surface area contributed by atoms with E-state index in [4.69, 9.17) is 14.2 Å². The Kier molecular flexibility index (Phi) is 11.2. The van der Waals surface area contributed by atoms with Crippen molar-refractivity contribution in [2.45, 2.75) is 101 Å². The second kappa shape index (κ2) is 15.2. The molecule has 3 fully saturated rings. The number of methoxy groups -OCH3 is 1. The number of sulfonamides is 1. The third-order valence-electron chi connectivity index (χ3n) is 9.44. The van der Waals surface area contributed by atoms with Gasteiger partial charge in [-0.05, 0) is 88.6 Å².